The quantitative estimate of drug-likeness (QED) is 0.706. The van der Waals surface area contributed by atoms with Crippen molar-refractivity contribution in [3.63, 3.8) is 0 Å². The van der Waals surface area contributed by atoms with E-state index in [0.717, 1.165) is 24.9 Å². The maximum absolute atomic E-state index is 9.93. The van der Waals surface area contributed by atoms with Gasteiger partial charge in [-0.05, 0) is 37.1 Å². The first kappa shape index (κ1) is 8.66. The third-order valence-electron chi connectivity index (χ3n) is 2.53. The molecule has 0 radical (unpaired) electrons. The molecule has 0 aromatic carbocycles. The summed E-state index contributed by atoms with van der Waals surface area (Å²) in [6.45, 7) is 1.02. The van der Waals surface area contributed by atoms with Crippen molar-refractivity contribution in [2.24, 2.45) is 0 Å². The Morgan fingerprint density at radius 3 is 2.85 bits per heavy atom. The fraction of sp³-hybridized carbons (Fsp3) is 0.500. The van der Waals surface area contributed by atoms with Gasteiger partial charge in [0.15, 0.2) is 0 Å². The van der Waals surface area contributed by atoms with Crippen molar-refractivity contribution < 1.29 is 5.11 Å². The molecule has 2 atom stereocenters. The van der Waals surface area contributed by atoms with Gasteiger partial charge in [0.1, 0.15) is 0 Å². The van der Waals surface area contributed by atoms with Crippen molar-refractivity contribution in [1.29, 1.82) is 0 Å². The molecule has 2 unspecified atom stereocenters. The smallest absolute Gasteiger partial charge is 0.0944 e. The van der Waals surface area contributed by atoms with Crippen LogP contribution < -0.4 is 5.32 Å². The minimum atomic E-state index is -0.384. The molecule has 1 aromatic heterocycles. The normalized spacial score (nSPS) is 24.5. The van der Waals surface area contributed by atoms with Crippen LogP contribution in [0.25, 0.3) is 0 Å². The van der Waals surface area contributed by atoms with Crippen LogP contribution in [0, 0.1) is 0 Å². The summed E-state index contributed by atoms with van der Waals surface area (Å²) >= 11 is 0. The Balaban J connectivity index is 2.08. The lowest BCUT2D eigenvalue weighted by molar-refractivity contribution is 0.137. The molecule has 70 valence electrons. The average molecular weight is 178 g/mol. The zero-order valence-corrected chi connectivity index (χ0v) is 7.48. The highest BCUT2D eigenvalue weighted by atomic mass is 16.3. The molecule has 0 saturated carbocycles. The molecule has 2 rings (SSSR count). The van der Waals surface area contributed by atoms with Crippen molar-refractivity contribution >= 4 is 0 Å². The molecule has 2 heterocycles. The topological polar surface area (TPSA) is 45.2 Å². The zero-order chi connectivity index (χ0) is 9.10. The van der Waals surface area contributed by atoms with E-state index in [1.54, 1.807) is 12.4 Å². The number of pyridine rings is 1. The van der Waals surface area contributed by atoms with Gasteiger partial charge >= 0.3 is 0 Å². The van der Waals surface area contributed by atoms with Gasteiger partial charge in [-0.2, -0.15) is 0 Å². The van der Waals surface area contributed by atoms with Gasteiger partial charge < -0.3 is 10.4 Å². The summed E-state index contributed by atoms with van der Waals surface area (Å²) in [5, 5.41) is 13.2. The van der Waals surface area contributed by atoms with Gasteiger partial charge in [-0.1, -0.05) is 0 Å². The SMILES string of the molecule is OC(c1ccncc1)C1CCCN1. The summed E-state index contributed by atoms with van der Waals surface area (Å²) in [5.41, 5.74) is 0.953. The predicted octanol–water partition coefficient (Wildman–Crippen LogP) is 0.867. The van der Waals surface area contributed by atoms with Crippen LogP contribution in [0.1, 0.15) is 24.5 Å². The van der Waals surface area contributed by atoms with Crippen LogP contribution in [0.15, 0.2) is 24.5 Å². The third kappa shape index (κ3) is 1.87. The summed E-state index contributed by atoms with van der Waals surface area (Å²) in [5.74, 6) is 0. The van der Waals surface area contributed by atoms with Crippen molar-refractivity contribution in [2.75, 3.05) is 6.54 Å². The minimum absolute atomic E-state index is 0.224. The largest absolute Gasteiger partial charge is 0.387 e. The number of hydrogen-bond acceptors (Lipinski definition) is 3. The zero-order valence-electron chi connectivity index (χ0n) is 7.48. The fourth-order valence-corrected chi connectivity index (χ4v) is 1.77. The van der Waals surface area contributed by atoms with E-state index < -0.39 is 0 Å². The number of rotatable bonds is 2. The predicted molar refractivity (Wildman–Crippen MR) is 50.2 cm³/mol. The van der Waals surface area contributed by atoms with Crippen LogP contribution in [0.3, 0.4) is 0 Å². The first-order valence-corrected chi connectivity index (χ1v) is 4.69. The van der Waals surface area contributed by atoms with Gasteiger partial charge in [0.25, 0.3) is 0 Å². The van der Waals surface area contributed by atoms with Crippen LogP contribution in [0.5, 0.6) is 0 Å². The van der Waals surface area contributed by atoms with Crippen LogP contribution in [-0.4, -0.2) is 22.7 Å². The highest BCUT2D eigenvalue weighted by Gasteiger charge is 2.23. The average Bonchev–Trinajstić information content (AvgIpc) is 2.71. The molecule has 1 aliphatic heterocycles. The van der Waals surface area contributed by atoms with Gasteiger partial charge in [0, 0.05) is 18.4 Å². The molecule has 1 fully saturated rings. The van der Waals surface area contributed by atoms with E-state index in [9.17, 15) is 5.11 Å². The lowest BCUT2D eigenvalue weighted by Gasteiger charge is -2.17. The van der Waals surface area contributed by atoms with Crippen molar-refractivity contribution in [3.05, 3.63) is 30.1 Å². The number of hydrogen-bond donors (Lipinski definition) is 2. The molecule has 0 aliphatic carbocycles. The monoisotopic (exact) mass is 178 g/mol. The van der Waals surface area contributed by atoms with Crippen LogP contribution >= 0.6 is 0 Å². The molecule has 13 heavy (non-hydrogen) atoms. The molecule has 0 amide bonds. The van der Waals surface area contributed by atoms with E-state index in [1.807, 2.05) is 12.1 Å². The second kappa shape index (κ2) is 3.85. The van der Waals surface area contributed by atoms with Crippen LogP contribution in [0.2, 0.25) is 0 Å². The summed E-state index contributed by atoms with van der Waals surface area (Å²) < 4.78 is 0. The van der Waals surface area contributed by atoms with E-state index in [2.05, 4.69) is 10.3 Å². The van der Waals surface area contributed by atoms with Gasteiger partial charge in [0.05, 0.1) is 6.10 Å². The Morgan fingerprint density at radius 1 is 1.46 bits per heavy atom. The number of aliphatic hydroxyl groups excluding tert-OH is 1. The number of aliphatic hydroxyl groups is 1. The molecule has 0 spiro atoms. The number of nitrogens with one attached hydrogen (secondary N) is 1. The number of aromatic nitrogens is 1. The molecular weight excluding hydrogens is 164 g/mol. The Bertz CT molecular complexity index is 257. The summed E-state index contributed by atoms with van der Waals surface area (Å²) in [7, 11) is 0. The molecule has 3 nitrogen and oxygen atoms in total. The molecule has 2 N–H and O–H groups in total. The summed E-state index contributed by atoms with van der Waals surface area (Å²) in [6.07, 6.45) is 5.27. The Kier molecular flexibility index (Phi) is 2.57. The van der Waals surface area contributed by atoms with E-state index in [4.69, 9.17) is 0 Å². The first-order valence-electron chi connectivity index (χ1n) is 4.69. The summed E-state index contributed by atoms with van der Waals surface area (Å²) in [4.78, 5) is 3.92. The van der Waals surface area contributed by atoms with Crippen molar-refractivity contribution in [2.45, 2.75) is 25.0 Å². The van der Waals surface area contributed by atoms with Crippen molar-refractivity contribution in [3.8, 4) is 0 Å². The van der Waals surface area contributed by atoms with E-state index >= 15 is 0 Å². The maximum Gasteiger partial charge on any atom is 0.0944 e. The fourth-order valence-electron chi connectivity index (χ4n) is 1.77. The van der Waals surface area contributed by atoms with Gasteiger partial charge in [0.2, 0.25) is 0 Å². The molecular formula is C10H14N2O. The van der Waals surface area contributed by atoms with Gasteiger partial charge in [-0.3, -0.25) is 4.98 Å². The minimum Gasteiger partial charge on any atom is -0.387 e. The second-order valence-electron chi connectivity index (χ2n) is 3.43. The van der Waals surface area contributed by atoms with Crippen LogP contribution in [0.4, 0.5) is 0 Å². The molecule has 1 aliphatic rings. The van der Waals surface area contributed by atoms with Gasteiger partial charge in [-0.25, -0.2) is 0 Å². The van der Waals surface area contributed by atoms with Crippen molar-refractivity contribution in [1.82, 2.24) is 10.3 Å². The highest BCUT2D eigenvalue weighted by molar-refractivity contribution is 5.15. The first-order chi connectivity index (χ1) is 6.38. The third-order valence-corrected chi connectivity index (χ3v) is 2.53. The second-order valence-corrected chi connectivity index (χ2v) is 3.43. The number of nitrogens with zero attached hydrogens (tertiary/aromatic N) is 1. The standard InChI is InChI=1S/C10H14N2O/c13-10(9-2-1-5-12-9)8-3-6-11-7-4-8/h3-4,6-7,9-10,12-13H,1-2,5H2. The van der Waals surface area contributed by atoms with E-state index in [1.165, 1.54) is 0 Å². The maximum atomic E-state index is 9.93. The molecule has 3 heteroatoms. The Labute approximate surface area is 77.8 Å². The Hall–Kier alpha value is -0.930. The molecule has 1 aromatic rings. The molecule has 1 saturated heterocycles. The van der Waals surface area contributed by atoms with E-state index in [-0.39, 0.29) is 12.1 Å². The lowest BCUT2D eigenvalue weighted by Crippen LogP contribution is -2.28. The summed E-state index contributed by atoms with van der Waals surface area (Å²) in [6, 6.07) is 3.96. The van der Waals surface area contributed by atoms with Crippen LogP contribution in [-0.2, 0) is 0 Å². The van der Waals surface area contributed by atoms with Gasteiger partial charge in [-0.15, -0.1) is 0 Å². The Morgan fingerprint density at radius 2 is 2.23 bits per heavy atom. The highest BCUT2D eigenvalue weighted by Crippen LogP contribution is 2.21. The molecule has 0 bridgehead atoms. The van der Waals surface area contributed by atoms with E-state index in [0.29, 0.717) is 0 Å². The lowest BCUT2D eigenvalue weighted by atomic mass is 10.0.